The molecule has 0 radical (unpaired) electrons. The van der Waals surface area contributed by atoms with E-state index in [0.29, 0.717) is 13.1 Å². The normalized spacial score (nSPS) is 13.3. The highest BCUT2D eigenvalue weighted by atomic mass is 35.5. The predicted octanol–water partition coefficient (Wildman–Crippen LogP) is 2.25. The minimum absolute atomic E-state index is 0.286. The van der Waals surface area contributed by atoms with Gasteiger partial charge >= 0.3 is 0 Å². The van der Waals surface area contributed by atoms with E-state index in [2.05, 4.69) is 40.2 Å². The highest BCUT2D eigenvalue weighted by Gasteiger charge is 2.26. The van der Waals surface area contributed by atoms with Crippen molar-refractivity contribution in [1.29, 1.82) is 0 Å². The molecule has 0 saturated heterocycles. The van der Waals surface area contributed by atoms with E-state index in [1.165, 1.54) is 0 Å². The summed E-state index contributed by atoms with van der Waals surface area (Å²) in [5, 5.41) is 19.1. The summed E-state index contributed by atoms with van der Waals surface area (Å²) in [6.45, 7) is 25.8. The van der Waals surface area contributed by atoms with E-state index in [4.69, 9.17) is 40.7 Å². The molecule has 2 atom stereocenters. The monoisotopic (exact) mass is 532 g/mol. The van der Waals surface area contributed by atoms with E-state index in [9.17, 15) is 10.2 Å². The first kappa shape index (κ1) is 36.8. The van der Waals surface area contributed by atoms with Gasteiger partial charge in [-0.3, -0.25) is 8.42 Å². The molecule has 0 heterocycles. The second kappa shape index (κ2) is 20.6. The number of likely N-dealkylation sites (N-methyl/N-ethyl adjacent to an activating group) is 2. The number of hydrogen-bond donors (Lipinski definition) is 2. The Kier molecular flexibility index (Phi) is 23.0. The fraction of sp³-hybridized carbons (Fsp3) is 0.636. The molecule has 196 valence electrons. The van der Waals surface area contributed by atoms with Gasteiger partial charge in [-0.15, -0.1) is 23.2 Å². The second-order valence-corrected chi connectivity index (χ2v) is 9.02. The highest BCUT2D eigenvalue weighted by Crippen LogP contribution is 2.10. The zero-order valence-electron chi connectivity index (χ0n) is 19.9. The average molecular weight is 534 g/mol. The van der Waals surface area contributed by atoms with Crippen molar-refractivity contribution in [3.8, 4) is 0 Å². The number of aliphatic hydroxyl groups is 2. The van der Waals surface area contributed by atoms with Crippen molar-refractivity contribution in [3.05, 3.63) is 50.6 Å². The molecule has 11 heteroatoms. The van der Waals surface area contributed by atoms with Crippen molar-refractivity contribution < 1.29 is 36.7 Å². The lowest BCUT2D eigenvalue weighted by Crippen LogP contribution is -2.52. The fourth-order valence-corrected chi connectivity index (χ4v) is 3.50. The van der Waals surface area contributed by atoms with Crippen molar-refractivity contribution >= 4 is 33.6 Å². The van der Waals surface area contributed by atoms with E-state index in [1.54, 1.807) is 0 Å². The van der Waals surface area contributed by atoms with Gasteiger partial charge in [-0.05, 0) is 38.2 Å². The second-order valence-electron chi connectivity index (χ2n) is 7.59. The lowest BCUT2D eigenvalue weighted by Gasteiger charge is -2.37. The first-order valence-electron chi connectivity index (χ1n) is 10.6. The quantitative estimate of drug-likeness (QED) is 0.103. The largest absolute Gasteiger partial charge is 0.759 e. The van der Waals surface area contributed by atoms with Crippen molar-refractivity contribution in [3.63, 3.8) is 0 Å². The summed E-state index contributed by atoms with van der Waals surface area (Å²) in [6.07, 6.45) is 6.64. The van der Waals surface area contributed by atoms with Crippen LogP contribution in [-0.2, 0) is 10.4 Å². The maximum atomic E-state index is 9.56. The molecule has 2 N–H and O–H groups in total. The van der Waals surface area contributed by atoms with Crippen LogP contribution in [0.1, 0.15) is 13.8 Å². The lowest BCUT2D eigenvalue weighted by atomic mass is 10.2. The number of rotatable bonds is 16. The first-order chi connectivity index (χ1) is 15.3. The topological polar surface area (TPSA) is 121 Å². The van der Waals surface area contributed by atoms with Crippen LogP contribution in [0.2, 0.25) is 0 Å². The molecule has 0 bridgehead atoms. The third-order valence-corrected chi connectivity index (χ3v) is 5.67. The Labute approximate surface area is 210 Å². The lowest BCUT2D eigenvalue weighted by molar-refractivity contribution is -0.918. The van der Waals surface area contributed by atoms with Crippen molar-refractivity contribution in [2.45, 2.75) is 26.1 Å². The van der Waals surface area contributed by atoms with Gasteiger partial charge in [0.1, 0.15) is 25.3 Å². The molecule has 0 rings (SSSR count). The number of halogens is 2. The number of aliphatic hydroxyl groups excluding tert-OH is 2. The first-order valence-corrected chi connectivity index (χ1v) is 13.0. The van der Waals surface area contributed by atoms with Crippen LogP contribution in [0.3, 0.4) is 0 Å². The van der Waals surface area contributed by atoms with Gasteiger partial charge in [0.25, 0.3) is 0 Å². The van der Waals surface area contributed by atoms with Crippen LogP contribution in [0.15, 0.2) is 50.6 Å². The Hall–Kier alpha value is -0.750. The summed E-state index contributed by atoms with van der Waals surface area (Å²) in [5.74, 6) is 0.572. The summed E-state index contributed by atoms with van der Waals surface area (Å²) < 4.78 is 35.6. The SMILES string of the molecule is C=CC[N+](CC)(CC=C)CC(O)CCl.C=CC[N+](CC)(CC=C)CC(O)CCl.O=S(=O)([O-])[O-]. The molecule has 0 aliphatic heterocycles. The summed E-state index contributed by atoms with van der Waals surface area (Å²) in [4.78, 5) is 0. The van der Waals surface area contributed by atoms with Crippen LogP contribution in [0.4, 0.5) is 0 Å². The van der Waals surface area contributed by atoms with Gasteiger partial charge in [-0.2, -0.15) is 0 Å². The maximum Gasteiger partial charge on any atom is 0.116 e. The predicted molar refractivity (Wildman–Crippen MR) is 136 cm³/mol. The van der Waals surface area contributed by atoms with Crippen LogP contribution < -0.4 is 0 Å². The third-order valence-electron chi connectivity index (χ3n) is 4.96. The molecule has 0 aromatic heterocycles. The Morgan fingerprint density at radius 2 is 0.970 bits per heavy atom. The minimum Gasteiger partial charge on any atom is -0.759 e. The van der Waals surface area contributed by atoms with Crippen molar-refractivity contribution in [2.75, 3.05) is 64.1 Å². The molecule has 0 aliphatic rings. The third kappa shape index (κ3) is 21.5. The highest BCUT2D eigenvalue weighted by molar-refractivity contribution is 7.79. The van der Waals surface area contributed by atoms with E-state index in [0.717, 1.165) is 48.2 Å². The molecule has 0 aromatic rings. The Morgan fingerprint density at radius 1 is 0.758 bits per heavy atom. The maximum absolute atomic E-state index is 9.56. The van der Waals surface area contributed by atoms with Crippen molar-refractivity contribution in [1.82, 2.24) is 0 Å². The van der Waals surface area contributed by atoms with Gasteiger partial charge in [0.2, 0.25) is 0 Å². The zero-order valence-corrected chi connectivity index (χ0v) is 22.3. The summed E-state index contributed by atoms with van der Waals surface area (Å²) in [6, 6.07) is 0. The van der Waals surface area contributed by atoms with Gasteiger partial charge in [0, 0.05) is 10.4 Å². The van der Waals surface area contributed by atoms with Crippen LogP contribution >= 0.6 is 23.2 Å². The Morgan fingerprint density at radius 3 is 1.09 bits per heavy atom. The van der Waals surface area contributed by atoms with Crippen LogP contribution in [0, 0.1) is 0 Å². The van der Waals surface area contributed by atoms with Gasteiger partial charge in [-0.25, -0.2) is 0 Å². The molecule has 0 aliphatic carbocycles. The molecule has 0 fully saturated rings. The van der Waals surface area contributed by atoms with Gasteiger partial charge in [-0.1, -0.05) is 26.3 Å². The molecule has 0 saturated carbocycles. The fourth-order valence-electron chi connectivity index (χ4n) is 3.31. The molecule has 0 spiro atoms. The smallest absolute Gasteiger partial charge is 0.116 e. The molecule has 2 unspecified atom stereocenters. The van der Waals surface area contributed by atoms with Crippen molar-refractivity contribution in [2.24, 2.45) is 0 Å². The van der Waals surface area contributed by atoms with Crippen LogP contribution in [0.5, 0.6) is 0 Å². The number of nitrogens with zero attached hydrogens (tertiary/aromatic N) is 2. The van der Waals surface area contributed by atoms with E-state index < -0.39 is 22.6 Å². The Balaban J connectivity index is -0.000000453. The van der Waals surface area contributed by atoms with Gasteiger partial charge in [0.05, 0.1) is 51.0 Å². The molecule has 0 amide bonds. The van der Waals surface area contributed by atoms with E-state index >= 15 is 0 Å². The average Bonchev–Trinajstić information content (AvgIpc) is 2.73. The molecular formula is C22H42Cl2N2O6S. The number of hydrogen-bond acceptors (Lipinski definition) is 6. The molecule has 33 heavy (non-hydrogen) atoms. The van der Waals surface area contributed by atoms with Gasteiger partial charge in [0.15, 0.2) is 0 Å². The molecular weight excluding hydrogens is 491 g/mol. The van der Waals surface area contributed by atoms with Gasteiger partial charge < -0.3 is 28.3 Å². The summed E-state index contributed by atoms with van der Waals surface area (Å²) in [5.41, 5.74) is 0. The van der Waals surface area contributed by atoms with Crippen LogP contribution in [-0.4, -0.2) is 113 Å². The summed E-state index contributed by atoms with van der Waals surface area (Å²) in [7, 11) is -5.17. The van der Waals surface area contributed by atoms with Crippen LogP contribution in [0.25, 0.3) is 0 Å². The number of quaternary nitrogens is 2. The molecule has 0 aromatic carbocycles. The minimum atomic E-state index is -5.17. The zero-order chi connectivity index (χ0) is 26.6. The standard InChI is InChI=1S/2C11H21ClNO.H2O4S/c2*1-4-7-13(6-3,8-5-2)10-11(14)9-12;1-5(2,3)4/h2*4-5,11,14H,1-2,6-10H2,3H3;(H2,1,2,3,4)/q2*+1;/p-2. The molecule has 8 nitrogen and oxygen atoms in total. The summed E-state index contributed by atoms with van der Waals surface area (Å²) >= 11 is 11.2. The van der Waals surface area contributed by atoms with E-state index in [1.807, 2.05) is 24.3 Å². The Bertz CT molecular complexity index is 579. The number of alkyl halides is 2. The van der Waals surface area contributed by atoms with E-state index in [-0.39, 0.29) is 11.8 Å².